The van der Waals surface area contributed by atoms with Crippen LogP contribution in [0, 0.1) is 12.8 Å². The van der Waals surface area contributed by atoms with Gasteiger partial charge in [0.05, 0.1) is 12.6 Å². The molecule has 0 aliphatic carbocycles. The number of likely N-dealkylation sites (tertiary alicyclic amines) is 1. The Morgan fingerprint density at radius 1 is 1.33 bits per heavy atom. The summed E-state index contributed by atoms with van der Waals surface area (Å²) in [6.07, 6.45) is 5.37. The first-order chi connectivity index (χ1) is 10.2. The molecule has 0 saturated carbocycles. The number of nitrogens with one attached hydrogen (secondary N) is 1. The highest BCUT2D eigenvalue weighted by Gasteiger charge is 2.27. The Hall–Kier alpha value is -1.65. The van der Waals surface area contributed by atoms with Crippen molar-refractivity contribution in [2.24, 2.45) is 5.92 Å². The van der Waals surface area contributed by atoms with Crippen molar-refractivity contribution in [3.05, 3.63) is 53.6 Å². The van der Waals surface area contributed by atoms with Gasteiger partial charge < -0.3 is 10.1 Å². The first-order valence-electron chi connectivity index (χ1n) is 7.65. The van der Waals surface area contributed by atoms with Crippen LogP contribution in [0.4, 0.5) is 0 Å². The van der Waals surface area contributed by atoms with E-state index in [4.69, 9.17) is 0 Å². The van der Waals surface area contributed by atoms with Crippen molar-refractivity contribution in [2.45, 2.75) is 32.4 Å². The molecule has 21 heavy (non-hydrogen) atoms. The fraction of sp³-hybridized carbons (Fsp3) is 0.471. The number of aryl methyl sites for hydroxylation is 1. The van der Waals surface area contributed by atoms with Crippen LogP contribution in [0.3, 0.4) is 0 Å². The topological polar surface area (TPSA) is 52.2 Å². The number of H-pyrrole nitrogens is 1. The number of benzene rings is 1. The smallest absolute Gasteiger partial charge is 0.120 e. The van der Waals surface area contributed by atoms with Crippen molar-refractivity contribution in [3.63, 3.8) is 0 Å². The van der Waals surface area contributed by atoms with Crippen molar-refractivity contribution in [2.75, 3.05) is 13.1 Å². The number of aliphatic hydroxyl groups excluding tert-OH is 1. The Bertz CT molecular complexity index is 550. The first kappa shape index (κ1) is 14.3. The minimum atomic E-state index is -0.255. The maximum absolute atomic E-state index is 10.4. The van der Waals surface area contributed by atoms with E-state index in [1.165, 1.54) is 11.1 Å². The van der Waals surface area contributed by atoms with E-state index in [2.05, 4.69) is 46.1 Å². The molecule has 0 amide bonds. The van der Waals surface area contributed by atoms with E-state index >= 15 is 0 Å². The number of hydrogen-bond acceptors (Lipinski definition) is 3. The molecule has 0 radical (unpaired) electrons. The number of rotatable bonds is 4. The fourth-order valence-electron chi connectivity index (χ4n) is 3.05. The fourth-order valence-corrected chi connectivity index (χ4v) is 3.05. The lowest BCUT2D eigenvalue weighted by Gasteiger charge is -2.35. The largest absolute Gasteiger partial charge is 0.391 e. The summed E-state index contributed by atoms with van der Waals surface area (Å²) in [5.74, 6) is 1.33. The SMILES string of the molecule is Cc1ccc(C[C@H]2CCN(Cc3ncc[nH]3)C[C@H]2O)cc1. The molecule has 1 saturated heterocycles. The van der Waals surface area contributed by atoms with Crippen LogP contribution in [0.15, 0.2) is 36.7 Å². The number of aromatic nitrogens is 2. The molecule has 1 aromatic carbocycles. The van der Waals surface area contributed by atoms with Gasteiger partial charge in [-0.3, -0.25) is 4.90 Å². The van der Waals surface area contributed by atoms with Gasteiger partial charge in [-0.25, -0.2) is 4.98 Å². The van der Waals surface area contributed by atoms with Gasteiger partial charge in [0.1, 0.15) is 5.82 Å². The van der Waals surface area contributed by atoms with Gasteiger partial charge in [-0.2, -0.15) is 0 Å². The molecule has 0 bridgehead atoms. The van der Waals surface area contributed by atoms with Crippen molar-refractivity contribution in [1.82, 2.24) is 14.9 Å². The quantitative estimate of drug-likeness (QED) is 0.905. The summed E-state index contributed by atoms with van der Waals surface area (Å²) in [6.45, 7) is 4.65. The lowest BCUT2D eigenvalue weighted by atomic mass is 9.87. The van der Waals surface area contributed by atoms with Crippen molar-refractivity contribution >= 4 is 0 Å². The monoisotopic (exact) mass is 285 g/mol. The third kappa shape index (κ3) is 3.71. The second-order valence-electron chi connectivity index (χ2n) is 6.08. The van der Waals surface area contributed by atoms with Gasteiger partial charge in [-0.15, -0.1) is 0 Å². The molecule has 2 heterocycles. The minimum Gasteiger partial charge on any atom is -0.391 e. The zero-order chi connectivity index (χ0) is 14.7. The van der Waals surface area contributed by atoms with Crippen molar-refractivity contribution < 1.29 is 5.11 Å². The summed E-state index contributed by atoms with van der Waals surface area (Å²) in [5.41, 5.74) is 2.61. The highest BCUT2D eigenvalue weighted by atomic mass is 16.3. The van der Waals surface area contributed by atoms with Crippen LogP contribution >= 0.6 is 0 Å². The third-order valence-corrected chi connectivity index (χ3v) is 4.35. The maximum Gasteiger partial charge on any atom is 0.120 e. The van der Waals surface area contributed by atoms with Crippen LogP contribution in [0.1, 0.15) is 23.4 Å². The molecule has 2 N–H and O–H groups in total. The molecule has 4 nitrogen and oxygen atoms in total. The average molecular weight is 285 g/mol. The molecule has 4 heteroatoms. The average Bonchev–Trinajstić information content (AvgIpc) is 2.97. The van der Waals surface area contributed by atoms with Crippen LogP contribution < -0.4 is 0 Å². The van der Waals surface area contributed by atoms with Gasteiger partial charge >= 0.3 is 0 Å². The van der Waals surface area contributed by atoms with Crippen LogP contribution in [0.2, 0.25) is 0 Å². The summed E-state index contributed by atoms with van der Waals surface area (Å²) in [4.78, 5) is 9.65. The molecule has 2 aromatic rings. The molecule has 1 aliphatic rings. The predicted molar refractivity (Wildman–Crippen MR) is 82.9 cm³/mol. The van der Waals surface area contributed by atoms with E-state index in [9.17, 15) is 5.11 Å². The Balaban J connectivity index is 1.54. The zero-order valence-electron chi connectivity index (χ0n) is 12.5. The summed E-state index contributed by atoms with van der Waals surface area (Å²) in [6, 6.07) is 8.65. The van der Waals surface area contributed by atoms with Gasteiger partial charge in [0.2, 0.25) is 0 Å². The van der Waals surface area contributed by atoms with E-state index in [1.54, 1.807) is 6.20 Å². The molecular weight excluding hydrogens is 262 g/mol. The summed E-state index contributed by atoms with van der Waals surface area (Å²) in [7, 11) is 0. The van der Waals surface area contributed by atoms with Gasteiger partial charge in [0.15, 0.2) is 0 Å². The number of imidazole rings is 1. The van der Waals surface area contributed by atoms with Crippen molar-refractivity contribution in [1.29, 1.82) is 0 Å². The van der Waals surface area contributed by atoms with E-state index in [0.29, 0.717) is 5.92 Å². The molecular formula is C17H23N3O. The molecule has 1 aliphatic heterocycles. The van der Waals surface area contributed by atoms with Crippen LogP contribution in [-0.2, 0) is 13.0 Å². The highest BCUT2D eigenvalue weighted by Crippen LogP contribution is 2.23. The second kappa shape index (κ2) is 6.41. The number of β-amino-alcohol motifs (C(OH)–C–C–N with tert-alkyl or cyclic N) is 1. The van der Waals surface area contributed by atoms with Crippen LogP contribution in [0.5, 0.6) is 0 Å². The Morgan fingerprint density at radius 2 is 2.14 bits per heavy atom. The van der Waals surface area contributed by atoms with Gasteiger partial charge in [-0.1, -0.05) is 29.8 Å². The lowest BCUT2D eigenvalue weighted by molar-refractivity contribution is 0.0179. The second-order valence-corrected chi connectivity index (χ2v) is 6.08. The number of nitrogens with zero attached hydrogens (tertiary/aromatic N) is 2. The molecule has 3 rings (SSSR count). The molecule has 0 spiro atoms. The molecule has 112 valence electrons. The number of aliphatic hydroxyl groups is 1. The van der Waals surface area contributed by atoms with E-state index in [0.717, 1.165) is 38.3 Å². The molecule has 1 fully saturated rings. The standard InChI is InChI=1S/C17H23N3O/c1-13-2-4-14(5-3-13)10-15-6-9-20(11-16(15)21)12-17-18-7-8-19-17/h2-5,7-8,15-16,21H,6,9-12H2,1H3,(H,18,19)/t15-,16-/m1/s1. The summed E-state index contributed by atoms with van der Waals surface area (Å²) in [5, 5.41) is 10.4. The maximum atomic E-state index is 10.4. The normalized spacial score (nSPS) is 23.3. The van der Waals surface area contributed by atoms with Gasteiger partial charge in [0.25, 0.3) is 0 Å². The highest BCUT2D eigenvalue weighted by molar-refractivity contribution is 5.22. The summed E-state index contributed by atoms with van der Waals surface area (Å²) >= 11 is 0. The zero-order valence-corrected chi connectivity index (χ0v) is 12.5. The number of aromatic amines is 1. The predicted octanol–water partition coefficient (Wildman–Crippen LogP) is 2.14. The van der Waals surface area contributed by atoms with Crippen molar-refractivity contribution in [3.8, 4) is 0 Å². The van der Waals surface area contributed by atoms with Crippen LogP contribution in [-0.4, -0.2) is 39.2 Å². The van der Waals surface area contributed by atoms with E-state index < -0.39 is 0 Å². The Labute approximate surface area is 125 Å². The molecule has 0 unspecified atom stereocenters. The van der Waals surface area contributed by atoms with Gasteiger partial charge in [0, 0.05) is 18.9 Å². The first-order valence-corrected chi connectivity index (χ1v) is 7.65. The Morgan fingerprint density at radius 3 is 2.81 bits per heavy atom. The molecule has 2 atom stereocenters. The third-order valence-electron chi connectivity index (χ3n) is 4.35. The van der Waals surface area contributed by atoms with E-state index in [1.807, 2.05) is 6.20 Å². The van der Waals surface area contributed by atoms with Gasteiger partial charge in [-0.05, 0) is 37.8 Å². The number of hydrogen-bond donors (Lipinski definition) is 2. The van der Waals surface area contributed by atoms with Crippen LogP contribution in [0.25, 0.3) is 0 Å². The summed E-state index contributed by atoms with van der Waals surface area (Å²) < 4.78 is 0. The minimum absolute atomic E-state index is 0.255. The molecule has 1 aromatic heterocycles. The number of piperidine rings is 1. The lowest BCUT2D eigenvalue weighted by Crippen LogP contribution is -2.44. The Kier molecular flexibility index (Phi) is 4.36. The van der Waals surface area contributed by atoms with E-state index in [-0.39, 0.29) is 6.10 Å².